The molecule has 2 N–H and O–H groups in total. The van der Waals surface area contributed by atoms with E-state index in [-0.39, 0.29) is 4.75 Å². The zero-order valence-corrected chi connectivity index (χ0v) is 14.6. The van der Waals surface area contributed by atoms with E-state index in [4.69, 9.17) is 5.73 Å². The Balaban J connectivity index is 2.28. The van der Waals surface area contributed by atoms with Gasteiger partial charge < -0.3 is 5.73 Å². The van der Waals surface area contributed by atoms with Crippen molar-refractivity contribution in [3.8, 4) is 0 Å². The van der Waals surface area contributed by atoms with Crippen molar-refractivity contribution in [3.63, 3.8) is 0 Å². The summed E-state index contributed by atoms with van der Waals surface area (Å²) in [5, 5.41) is 0. The quantitative estimate of drug-likeness (QED) is 0.922. The zero-order valence-electron chi connectivity index (χ0n) is 12.2. The van der Waals surface area contributed by atoms with Gasteiger partial charge in [-0.15, -0.1) is 11.3 Å². The minimum Gasteiger partial charge on any atom is -0.326 e. The van der Waals surface area contributed by atoms with E-state index in [0.717, 1.165) is 21.9 Å². The summed E-state index contributed by atoms with van der Waals surface area (Å²) in [5.74, 6) is 0.846. The number of thioether (sulfide) groups is 1. The molecule has 1 aliphatic rings. The van der Waals surface area contributed by atoms with Crippen molar-refractivity contribution in [3.05, 3.63) is 15.8 Å². The second-order valence-electron chi connectivity index (χ2n) is 5.60. The standard InChI is InChI=1S/C13H22N2O2S3/c1-10-12(8-11(9-14)19-10)20(16,17)15-5-4-13(2,3)18-7-6-15/h8H,4-7,9,14H2,1-3H3. The Hall–Kier alpha value is -0.0800. The molecule has 1 aromatic rings. The van der Waals surface area contributed by atoms with Gasteiger partial charge in [0.2, 0.25) is 10.0 Å². The van der Waals surface area contributed by atoms with Crippen molar-refractivity contribution < 1.29 is 8.42 Å². The third-order valence-electron chi connectivity index (χ3n) is 3.54. The molecule has 0 radical (unpaired) electrons. The minimum absolute atomic E-state index is 0.149. The lowest BCUT2D eigenvalue weighted by Gasteiger charge is -2.22. The molecule has 1 saturated heterocycles. The van der Waals surface area contributed by atoms with Crippen LogP contribution in [0.2, 0.25) is 0 Å². The van der Waals surface area contributed by atoms with E-state index in [0.29, 0.717) is 24.5 Å². The highest BCUT2D eigenvalue weighted by molar-refractivity contribution is 8.00. The van der Waals surface area contributed by atoms with Gasteiger partial charge in [0.25, 0.3) is 0 Å². The van der Waals surface area contributed by atoms with Crippen LogP contribution >= 0.6 is 23.1 Å². The van der Waals surface area contributed by atoms with Crippen LogP contribution in [-0.4, -0.2) is 36.3 Å². The second kappa shape index (κ2) is 5.96. The minimum atomic E-state index is -3.38. The first kappa shape index (κ1) is 16.3. The SMILES string of the molecule is Cc1sc(CN)cc1S(=O)(=O)N1CCSC(C)(C)CC1. The topological polar surface area (TPSA) is 63.4 Å². The molecule has 4 nitrogen and oxygen atoms in total. The summed E-state index contributed by atoms with van der Waals surface area (Å²) in [6, 6.07) is 1.73. The smallest absolute Gasteiger partial charge is 0.244 e. The number of thiophene rings is 1. The summed E-state index contributed by atoms with van der Waals surface area (Å²) >= 11 is 3.32. The number of rotatable bonds is 3. The van der Waals surface area contributed by atoms with Crippen molar-refractivity contribution in [2.24, 2.45) is 5.73 Å². The van der Waals surface area contributed by atoms with Gasteiger partial charge in [0.05, 0.1) is 4.90 Å². The van der Waals surface area contributed by atoms with E-state index >= 15 is 0 Å². The molecule has 2 heterocycles. The molecule has 114 valence electrons. The molecule has 0 aromatic carbocycles. The predicted octanol–water partition coefficient (Wildman–Crippen LogP) is 2.42. The number of hydrogen-bond acceptors (Lipinski definition) is 5. The highest BCUT2D eigenvalue weighted by Gasteiger charge is 2.32. The van der Waals surface area contributed by atoms with Gasteiger partial charge in [-0.1, -0.05) is 13.8 Å². The molecule has 1 fully saturated rings. The highest BCUT2D eigenvalue weighted by atomic mass is 32.2. The summed E-state index contributed by atoms with van der Waals surface area (Å²) in [5.41, 5.74) is 5.61. The van der Waals surface area contributed by atoms with Gasteiger partial charge in [-0.25, -0.2) is 8.42 Å². The Kier molecular flexibility index (Phi) is 4.86. The maximum atomic E-state index is 12.8. The molecule has 0 atom stereocenters. The fourth-order valence-electron chi connectivity index (χ4n) is 2.26. The average Bonchev–Trinajstić information content (AvgIpc) is 2.64. The highest BCUT2D eigenvalue weighted by Crippen LogP contribution is 2.34. The Morgan fingerprint density at radius 1 is 1.40 bits per heavy atom. The molecule has 0 amide bonds. The molecule has 0 saturated carbocycles. The molecule has 7 heteroatoms. The Morgan fingerprint density at radius 2 is 2.10 bits per heavy atom. The van der Waals surface area contributed by atoms with Crippen molar-refractivity contribution in [2.75, 3.05) is 18.8 Å². The third kappa shape index (κ3) is 3.39. The van der Waals surface area contributed by atoms with Crippen LogP contribution < -0.4 is 5.73 Å². The Labute approximate surface area is 129 Å². The van der Waals surface area contributed by atoms with Crippen LogP contribution in [0.1, 0.15) is 30.0 Å². The largest absolute Gasteiger partial charge is 0.326 e. The van der Waals surface area contributed by atoms with Crippen LogP contribution in [0.3, 0.4) is 0 Å². The number of aryl methyl sites for hydroxylation is 1. The fourth-order valence-corrected chi connectivity index (χ4v) is 6.40. The fraction of sp³-hybridized carbons (Fsp3) is 0.692. The third-order valence-corrected chi connectivity index (χ3v) is 8.14. The maximum absolute atomic E-state index is 12.8. The van der Waals surface area contributed by atoms with Gasteiger partial charge in [0.1, 0.15) is 0 Å². The van der Waals surface area contributed by atoms with Crippen LogP contribution in [0.4, 0.5) is 0 Å². The van der Waals surface area contributed by atoms with Crippen LogP contribution in [0.15, 0.2) is 11.0 Å². The lowest BCUT2D eigenvalue weighted by Crippen LogP contribution is -2.33. The van der Waals surface area contributed by atoms with Gasteiger partial charge in [0, 0.05) is 39.9 Å². The molecule has 0 spiro atoms. The first-order valence-corrected chi connectivity index (χ1v) is 9.94. The van der Waals surface area contributed by atoms with Crippen molar-refractivity contribution in [2.45, 2.75) is 43.4 Å². The van der Waals surface area contributed by atoms with E-state index in [1.807, 2.05) is 18.7 Å². The van der Waals surface area contributed by atoms with Crippen molar-refractivity contribution >= 4 is 33.1 Å². The monoisotopic (exact) mass is 334 g/mol. The van der Waals surface area contributed by atoms with Gasteiger partial charge in [-0.2, -0.15) is 16.1 Å². The van der Waals surface area contributed by atoms with Crippen LogP contribution in [0, 0.1) is 6.92 Å². The molecular formula is C13H22N2O2S3. The summed E-state index contributed by atoms with van der Waals surface area (Å²) in [4.78, 5) is 2.19. The lowest BCUT2D eigenvalue weighted by atomic mass is 10.1. The lowest BCUT2D eigenvalue weighted by molar-refractivity contribution is 0.415. The Morgan fingerprint density at radius 3 is 2.70 bits per heavy atom. The number of nitrogens with zero attached hydrogens (tertiary/aromatic N) is 1. The molecule has 1 aromatic heterocycles. The van der Waals surface area contributed by atoms with Crippen molar-refractivity contribution in [1.82, 2.24) is 4.31 Å². The van der Waals surface area contributed by atoms with Gasteiger partial charge in [0.15, 0.2) is 0 Å². The molecule has 0 aliphatic carbocycles. The molecule has 2 rings (SSSR count). The van der Waals surface area contributed by atoms with Crippen LogP contribution in [0.5, 0.6) is 0 Å². The average molecular weight is 335 g/mol. The molecule has 1 aliphatic heterocycles. The summed E-state index contributed by atoms with van der Waals surface area (Å²) < 4.78 is 27.3. The zero-order chi connectivity index (χ0) is 15.0. The normalized spacial score (nSPS) is 20.8. The Bertz CT molecular complexity index is 578. The molecular weight excluding hydrogens is 312 g/mol. The molecule has 0 unspecified atom stereocenters. The maximum Gasteiger partial charge on any atom is 0.244 e. The summed E-state index contributed by atoms with van der Waals surface area (Å²) in [7, 11) is -3.38. The number of nitrogens with two attached hydrogens (primary N) is 1. The van der Waals surface area contributed by atoms with Gasteiger partial charge in [-0.05, 0) is 19.4 Å². The van der Waals surface area contributed by atoms with E-state index in [9.17, 15) is 8.42 Å². The van der Waals surface area contributed by atoms with Crippen LogP contribution in [-0.2, 0) is 16.6 Å². The predicted molar refractivity (Wildman–Crippen MR) is 86.9 cm³/mol. The van der Waals surface area contributed by atoms with Crippen LogP contribution in [0.25, 0.3) is 0 Å². The van der Waals surface area contributed by atoms with Crippen molar-refractivity contribution in [1.29, 1.82) is 0 Å². The van der Waals surface area contributed by atoms with Gasteiger partial charge >= 0.3 is 0 Å². The van der Waals surface area contributed by atoms with Gasteiger partial charge in [-0.3, -0.25) is 0 Å². The number of sulfonamides is 1. The van der Waals surface area contributed by atoms with E-state index in [1.165, 1.54) is 11.3 Å². The van der Waals surface area contributed by atoms with E-state index < -0.39 is 10.0 Å². The summed E-state index contributed by atoms with van der Waals surface area (Å²) in [6.45, 7) is 7.78. The number of hydrogen-bond donors (Lipinski definition) is 1. The first-order chi connectivity index (χ1) is 9.26. The second-order valence-corrected chi connectivity index (χ2v) is 10.6. The first-order valence-electron chi connectivity index (χ1n) is 6.70. The van der Waals surface area contributed by atoms with E-state index in [1.54, 1.807) is 10.4 Å². The van der Waals surface area contributed by atoms with E-state index in [2.05, 4.69) is 13.8 Å². The molecule has 0 bridgehead atoms. The summed E-state index contributed by atoms with van der Waals surface area (Å²) in [6.07, 6.45) is 0.879. The molecule has 20 heavy (non-hydrogen) atoms.